The normalized spacial score (nSPS) is 13.5. The third kappa shape index (κ3) is 5.99. The van der Waals surface area contributed by atoms with Gasteiger partial charge in [-0.25, -0.2) is 4.79 Å². The van der Waals surface area contributed by atoms with Crippen LogP contribution in [0.4, 0.5) is 0 Å². The molecule has 0 radical (unpaired) electrons. The fourth-order valence-electron chi connectivity index (χ4n) is 2.86. The highest BCUT2D eigenvalue weighted by atomic mass is 32.2. The van der Waals surface area contributed by atoms with Crippen LogP contribution in [0.25, 0.3) is 0 Å². The van der Waals surface area contributed by atoms with Crippen molar-refractivity contribution >= 4 is 16.1 Å². The van der Waals surface area contributed by atoms with Gasteiger partial charge in [-0.15, -0.1) is 6.42 Å². The monoisotopic (exact) mass is 380 g/mol. The second-order valence-electron chi connectivity index (χ2n) is 6.82. The van der Waals surface area contributed by atoms with Gasteiger partial charge in [-0.3, -0.25) is 4.55 Å². The van der Waals surface area contributed by atoms with Gasteiger partial charge in [0, 0.05) is 11.1 Å². The van der Waals surface area contributed by atoms with Gasteiger partial charge in [-0.2, -0.15) is 8.42 Å². The summed E-state index contributed by atoms with van der Waals surface area (Å²) in [5.41, 5.74) is 2.14. The van der Waals surface area contributed by atoms with E-state index in [9.17, 15) is 17.8 Å². The largest absolute Gasteiger partial charge is 0.456 e. The van der Waals surface area contributed by atoms with Crippen LogP contribution in [-0.2, 0) is 26.2 Å². The molecule has 1 unspecified atom stereocenters. The first-order valence-corrected chi connectivity index (χ1v) is 9.51. The fraction of sp³-hybridized carbons (Fsp3) is 0.421. The van der Waals surface area contributed by atoms with Crippen molar-refractivity contribution in [3.63, 3.8) is 0 Å². The van der Waals surface area contributed by atoms with Gasteiger partial charge in [0.1, 0.15) is 31.1 Å². The molecule has 0 spiro atoms. The van der Waals surface area contributed by atoms with E-state index in [2.05, 4.69) is 12.5 Å². The zero-order valence-corrected chi connectivity index (χ0v) is 16.5. The molecule has 0 aliphatic heterocycles. The third-order valence-corrected chi connectivity index (χ3v) is 5.09. The molecule has 0 saturated carbocycles. The number of hydrogen-bond acceptors (Lipinski definition) is 4. The van der Waals surface area contributed by atoms with Crippen molar-refractivity contribution in [1.82, 2.24) is 0 Å². The average Bonchev–Trinajstić information content (AvgIpc) is 2.44. The van der Waals surface area contributed by atoms with Crippen LogP contribution in [0.2, 0.25) is 0 Å². The summed E-state index contributed by atoms with van der Waals surface area (Å²) in [7, 11) is -2.52. The standard InChI is InChI=1S/C19H25NO5S/c1-7-8-20(6,9-10-25-19(21)14(2)3)13-17-12-15(4)11-16(5)18(17)26(22,23)24/h1,11-12H,2,8-10,13H2,3-6H3/p+1. The first-order valence-electron chi connectivity index (χ1n) is 8.07. The Kier molecular flexibility index (Phi) is 7.16. The van der Waals surface area contributed by atoms with Crippen molar-refractivity contribution in [3.8, 4) is 12.3 Å². The molecule has 0 aromatic heterocycles. The third-order valence-electron chi connectivity index (χ3n) is 3.99. The smallest absolute Gasteiger partial charge is 0.333 e. The molecule has 1 N–H and O–H groups in total. The summed E-state index contributed by atoms with van der Waals surface area (Å²) in [4.78, 5) is 11.4. The number of carbonyl (C=O) groups excluding carboxylic acids is 1. The van der Waals surface area contributed by atoms with Crippen molar-refractivity contribution < 1.29 is 27.0 Å². The van der Waals surface area contributed by atoms with Crippen molar-refractivity contribution in [3.05, 3.63) is 41.0 Å². The molecular formula is C19H26NO5S+. The first kappa shape index (κ1) is 21.9. The fourth-order valence-corrected chi connectivity index (χ4v) is 3.78. The van der Waals surface area contributed by atoms with Gasteiger partial charge in [-0.1, -0.05) is 18.2 Å². The maximum Gasteiger partial charge on any atom is 0.333 e. The SMILES string of the molecule is C#CC[N+](C)(CCOC(=O)C(=C)C)Cc1cc(C)cc(C)c1S(=O)(=O)O. The van der Waals surface area contributed by atoms with Gasteiger partial charge in [0.25, 0.3) is 10.1 Å². The first-order chi connectivity index (χ1) is 11.9. The zero-order chi connectivity index (χ0) is 20.1. The predicted molar refractivity (Wildman–Crippen MR) is 100.0 cm³/mol. The highest BCUT2D eigenvalue weighted by Crippen LogP contribution is 2.25. The van der Waals surface area contributed by atoms with E-state index in [1.165, 1.54) is 0 Å². The molecule has 1 aromatic rings. The van der Waals surface area contributed by atoms with Crippen LogP contribution >= 0.6 is 0 Å². The number of carbonyl (C=O) groups is 1. The number of nitrogens with zero attached hydrogens (tertiary/aromatic N) is 1. The number of quaternary nitrogens is 1. The van der Waals surface area contributed by atoms with E-state index in [1.807, 2.05) is 14.0 Å². The molecule has 1 atom stereocenters. The van der Waals surface area contributed by atoms with Gasteiger partial charge in [-0.05, 0) is 38.3 Å². The van der Waals surface area contributed by atoms with E-state index in [1.54, 1.807) is 26.0 Å². The molecule has 0 bridgehead atoms. The van der Waals surface area contributed by atoms with Gasteiger partial charge in [0.05, 0.1) is 7.05 Å². The molecule has 0 aliphatic carbocycles. The number of esters is 1. The van der Waals surface area contributed by atoms with E-state index in [0.29, 0.717) is 29.8 Å². The van der Waals surface area contributed by atoms with Gasteiger partial charge in [0.2, 0.25) is 0 Å². The average molecular weight is 380 g/mol. The Labute approximate surface area is 155 Å². The van der Waals surface area contributed by atoms with E-state index in [0.717, 1.165) is 5.56 Å². The molecule has 0 aliphatic rings. The Morgan fingerprint density at radius 1 is 1.38 bits per heavy atom. The predicted octanol–water partition coefficient (Wildman–Crippen LogP) is 2.25. The minimum Gasteiger partial charge on any atom is -0.456 e. The molecule has 1 aromatic carbocycles. The number of aryl methyl sites for hydroxylation is 2. The molecule has 142 valence electrons. The Hall–Kier alpha value is -2.14. The highest BCUT2D eigenvalue weighted by molar-refractivity contribution is 7.86. The number of rotatable bonds is 8. The van der Waals surface area contributed by atoms with E-state index in [4.69, 9.17) is 11.2 Å². The minimum atomic E-state index is -4.37. The van der Waals surface area contributed by atoms with Crippen molar-refractivity contribution in [1.29, 1.82) is 0 Å². The topological polar surface area (TPSA) is 80.7 Å². The van der Waals surface area contributed by atoms with Crippen LogP contribution in [0.5, 0.6) is 0 Å². The van der Waals surface area contributed by atoms with Crippen molar-refractivity contribution in [2.45, 2.75) is 32.2 Å². The van der Waals surface area contributed by atoms with Crippen LogP contribution in [0, 0.1) is 26.2 Å². The molecule has 26 heavy (non-hydrogen) atoms. The van der Waals surface area contributed by atoms with Crippen LogP contribution < -0.4 is 0 Å². The van der Waals surface area contributed by atoms with Gasteiger partial charge < -0.3 is 9.22 Å². The lowest BCUT2D eigenvalue weighted by molar-refractivity contribution is -0.916. The summed E-state index contributed by atoms with van der Waals surface area (Å²) < 4.78 is 38.7. The number of hydrogen-bond donors (Lipinski definition) is 1. The quantitative estimate of drug-likeness (QED) is 0.246. The molecule has 0 fully saturated rings. The van der Waals surface area contributed by atoms with Gasteiger partial charge >= 0.3 is 5.97 Å². The Bertz CT molecular complexity index is 851. The lowest BCUT2D eigenvalue weighted by atomic mass is 10.1. The summed E-state index contributed by atoms with van der Waals surface area (Å²) in [5, 5.41) is 0. The van der Waals surface area contributed by atoms with Crippen LogP contribution in [0.3, 0.4) is 0 Å². The van der Waals surface area contributed by atoms with E-state index < -0.39 is 16.1 Å². The second kappa shape index (κ2) is 8.49. The highest BCUT2D eigenvalue weighted by Gasteiger charge is 2.27. The maximum absolute atomic E-state index is 11.8. The maximum atomic E-state index is 11.8. The molecule has 0 heterocycles. The molecule has 6 nitrogen and oxygen atoms in total. The summed E-state index contributed by atoms with van der Waals surface area (Å²) in [6.07, 6.45) is 5.48. The molecule has 0 amide bonds. The number of ether oxygens (including phenoxy) is 1. The minimum absolute atomic E-state index is 0.0941. The summed E-state index contributed by atoms with van der Waals surface area (Å²) >= 11 is 0. The summed E-state index contributed by atoms with van der Waals surface area (Å²) in [6.45, 7) is 9.67. The lowest BCUT2D eigenvalue weighted by Gasteiger charge is -2.33. The van der Waals surface area contributed by atoms with Crippen LogP contribution in [-0.4, -0.2) is 50.2 Å². The Balaban J connectivity index is 3.16. The number of benzene rings is 1. The Morgan fingerprint density at radius 3 is 2.50 bits per heavy atom. The zero-order valence-electron chi connectivity index (χ0n) is 15.7. The number of likely N-dealkylation sites (N-methyl/N-ethyl adjacent to an activating group) is 1. The Morgan fingerprint density at radius 2 is 2.00 bits per heavy atom. The summed E-state index contributed by atoms with van der Waals surface area (Å²) in [5.74, 6) is 2.10. The van der Waals surface area contributed by atoms with E-state index in [-0.39, 0.29) is 22.5 Å². The molecular weight excluding hydrogens is 354 g/mol. The van der Waals surface area contributed by atoms with Crippen molar-refractivity contribution in [2.75, 3.05) is 26.7 Å². The second-order valence-corrected chi connectivity index (χ2v) is 8.18. The molecule has 1 rings (SSSR count). The van der Waals surface area contributed by atoms with Crippen LogP contribution in [0.1, 0.15) is 23.6 Å². The molecule has 0 saturated heterocycles. The summed E-state index contributed by atoms with van der Waals surface area (Å²) in [6, 6.07) is 3.43. The van der Waals surface area contributed by atoms with Gasteiger partial charge in [0.15, 0.2) is 0 Å². The van der Waals surface area contributed by atoms with E-state index >= 15 is 0 Å². The van der Waals surface area contributed by atoms with Crippen LogP contribution in [0.15, 0.2) is 29.2 Å². The number of terminal acetylenes is 1. The van der Waals surface area contributed by atoms with Crippen molar-refractivity contribution in [2.24, 2.45) is 0 Å². The molecule has 7 heteroatoms. The lowest BCUT2D eigenvalue weighted by Crippen LogP contribution is -2.46.